The molecule has 7 nitrogen and oxygen atoms in total. The Morgan fingerprint density at radius 1 is 0.939 bits per heavy atom. The molecule has 3 aromatic rings. The third-order valence-corrected chi connectivity index (χ3v) is 6.63. The first-order valence-electron chi connectivity index (χ1n) is 11.8. The Labute approximate surface area is 194 Å². The van der Waals surface area contributed by atoms with Crippen LogP contribution in [0, 0.1) is 5.92 Å². The highest BCUT2D eigenvalue weighted by Crippen LogP contribution is 2.33. The number of rotatable bonds is 7. The molecule has 2 fully saturated rings. The lowest BCUT2D eigenvalue weighted by molar-refractivity contribution is -0.125. The lowest BCUT2D eigenvalue weighted by Crippen LogP contribution is -2.34. The van der Waals surface area contributed by atoms with E-state index < -0.39 is 0 Å². The maximum atomic E-state index is 13.3. The second-order valence-electron chi connectivity index (χ2n) is 8.94. The molecule has 2 saturated heterocycles. The summed E-state index contributed by atoms with van der Waals surface area (Å²) in [6.45, 7) is 4.86. The molecule has 0 radical (unpaired) electrons. The van der Waals surface area contributed by atoms with Gasteiger partial charge in [-0.3, -0.25) is 14.7 Å². The molecule has 170 valence electrons. The van der Waals surface area contributed by atoms with Crippen LogP contribution in [0.25, 0.3) is 0 Å². The number of hydrogen-bond acceptors (Lipinski definition) is 6. The van der Waals surface area contributed by atoms with Gasteiger partial charge in [0.25, 0.3) is 0 Å². The summed E-state index contributed by atoms with van der Waals surface area (Å²) < 4.78 is 0. The van der Waals surface area contributed by atoms with Crippen molar-refractivity contribution in [2.45, 2.75) is 31.8 Å². The molecular weight excluding hydrogens is 412 g/mol. The number of carbonyl (C=O) groups excluding carboxylic acids is 1. The van der Waals surface area contributed by atoms with Crippen molar-refractivity contribution in [2.75, 3.05) is 31.1 Å². The van der Waals surface area contributed by atoms with Crippen molar-refractivity contribution in [1.29, 1.82) is 0 Å². The van der Waals surface area contributed by atoms with Gasteiger partial charge in [0.1, 0.15) is 0 Å². The Bertz CT molecular complexity index is 1050. The molecule has 0 spiro atoms. The van der Waals surface area contributed by atoms with E-state index in [9.17, 15) is 4.79 Å². The first-order valence-corrected chi connectivity index (χ1v) is 11.8. The van der Waals surface area contributed by atoms with E-state index in [0.29, 0.717) is 13.1 Å². The van der Waals surface area contributed by atoms with Crippen molar-refractivity contribution < 1.29 is 4.79 Å². The number of nitrogens with zero attached hydrogens (tertiary/aromatic N) is 5. The number of aromatic nitrogens is 3. The van der Waals surface area contributed by atoms with Crippen LogP contribution in [-0.4, -0.2) is 51.9 Å². The molecule has 2 atom stereocenters. The molecule has 2 aromatic heterocycles. The maximum Gasteiger partial charge on any atom is 0.225 e. The summed E-state index contributed by atoms with van der Waals surface area (Å²) in [7, 11) is 0. The normalized spacial score (nSPS) is 20.8. The van der Waals surface area contributed by atoms with Gasteiger partial charge < -0.3 is 10.2 Å². The molecule has 0 saturated carbocycles. The van der Waals surface area contributed by atoms with E-state index in [4.69, 9.17) is 4.98 Å². The van der Waals surface area contributed by atoms with Gasteiger partial charge in [0.05, 0.1) is 11.6 Å². The van der Waals surface area contributed by atoms with Crippen LogP contribution in [0.3, 0.4) is 0 Å². The first-order chi connectivity index (χ1) is 16.3. The van der Waals surface area contributed by atoms with E-state index in [-0.39, 0.29) is 17.7 Å². The fourth-order valence-electron chi connectivity index (χ4n) is 4.88. The van der Waals surface area contributed by atoms with Gasteiger partial charge in [-0.2, -0.15) is 0 Å². The molecule has 2 aliphatic rings. The van der Waals surface area contributed by atoms with Crippen molar-refractivity contribution in [3.63, 3.8) is 0 Å². The van der Waals surface area contributed by atoms with Crippen molar-refractivity contribution in [1.82, 2.24) is 25.2 Å². The van der Waals surface area contributed by atoms with Crippen LogP contribution >= 0.6 is 0 Å². The Morgan fingerprint density at radius 2 is 1.73 bits per heavy atom. The summed E-state index contributed by atoms with van der Waals surface area (Å²) in [6, 6.07) is 16.3. The quantitative estimate of drug-likeness (QED) is 0.606. The molecular formula is C26H30N6O. The Morgan fingerprint density at radius 3 is 2.52 bits per heavy atom. The number of anilines is 1. The molecule has 7 heteroatoms. The molecule has 0 unspecified atom stereocenters. The van der Waals surface area contributed by atoms with Crippen molar-refractivity contribution in [3.05, 3.63) is 83.9 Å². The topological polar surface area (TPSA) is 74.2 Å². The lowest BCUT2D eigenvalue weighted by atomic mass is 9.92. The standard InChI is InChI=1S/C26H30N6O/c33-25(29-16-20-8-11-27-12-9-20)23-19-31(17-21-6-2-1-3-7-21)18-22(23)24-10-13-28-26(30-24)32-14-4-5-15-32/h1-3,6-13,22-23H,4-5,14-19H2,(H,29,33)/t22-,23-/m0/s1. The Kier molecular flexibility index (Phi) is 6.58. The van der Waals surface area contributed by atoms with Gasteiger partial charge in [0.2, 0.25) is 11.9 Å². The van der Waals surface area contributed by atoms with Gasteiger partial charge in [0, 0.05) is 63.8 Å². The molecule has 0 aliphatic carbocycles. The number of benzene rings is 1. The third kappa shape index (κ3) is 5.20. The summed E-state index contributed by atoms with van der Waals surface area (Å²) >= 11 is 0. The van der Waals surface area contributed by atoms with E-state index in [1.54, 1.807) is 12.4 Å². The minimum absolute atomic E-state index is 0.0375. The van der Waals surface area contributed by atoms with Gasteiger partial charge >= 0.3 is 0 Å². The smallest absolute Gasteiger partial charge is 0.225 e. The number of hydrogen-bond donors (Lipinski definition) is 1. The van der Waals surface area contributed by atoms with Crippen LogP contribution in [0.4, 0.5) is 5.95 Å². The third-order valence-electron chi connectivity index (χ3n) is 6.63. The van der Waals surface area contributed by atoms with Crippen LogP contribution in [0.5, 0.6) is 0 Å². The lowest BCUT2D eigenvalue weighted by Gasteiger charge is -2.20. The fourth-order valence-corrected chi connectivity index (χ4v) is 4.88. The minimum Gasteiger partial charge on any atom is -0.352 e. The predicted octanol–water partition coefficient (Wildman–Crippen LogP) is 3.00. The van der Waals surface area contributed by atoms with Gasteiger partial charge in [-0.05, 0) is 42.2 Å². The highest BCUT2D eigenvalue weighted by atomic mass is 16.1. The SMILES string of the molecule is O=C(NCc1ccncc1)[C@H]1CN(Cc2ccccc2)C[C@@H]1c1ccnc(N2CCCC2)n1. The summed E-state index contributed by atoms with van der Waals surface area (Å²) in [5.41, 5.74) is 3.27. The van der Waals surface area contributed by atoms with Crippen molar-refractivity contribution in [2.24, 2.45) is 5.92 Å². The molecule has 1 N–H and O–H groups in total. The highest BCUT2D eigenvalue weighted by molar-refractivity contribution is 5.80. The second-order valence-corrected chi connectivity index (χ2v) is 8.94. The molecule has 0 bridgehead atoms. The van der Waals surface area contributed by atoms with Crippen molar-refractivity contribution >= 4 is 11.9 Å². The zero-order valence-corrected chi connectivity index (χ0v) is 18.8. The highest BCUT2D eigenvalue weighted by Gasteiger charge is 2.39. The van der Waals surface area contributed by atoms with E-state index >= 15 is 0 Å². The number of carbonyl (C=O) groups is 1. The summed E-state index contributed by atoms with van der Waals surface area (Å²) in [6.07, 6.45) is 7.72. The zero-order chi connectivity index (χ0) is 22.5. The maximum absolute atomic E-state index is 13.3. The van der Waals surface area contributed by atoms with Gasteiger partial charge in [0.15, 0.2) is 0 Å². The van der Waals surface area contributed by atoms with Crippen LogP contribution in [0.1, 0.15) is 35.6 Å². The number of pyridine rings is 1. The molecule has 5 rings (SSSR count). The largest absolute Gasteiger partial charge is 0.352 e. The van der Waals surface area contributed by atoms with E-state index in [1.807, 2.05) is 30.5 Å². The average molecular weight is 443 g/mol. The molecule has 2 aliphatic heterocycles. The molecule has 1 aromatic carbocycles. The van der Waals surface area contributed by atoms with E-state index in [0.717, 1.165) is 43.4 Å². The van der Waals surface area contributed by atoms with Gasteiger partial charge in [-0.25, -0.2) is 9.97 Å². The second kappa shape index (κ2) is 10.1. The van der Waals surface area contributed by atoms with Crippen molar-refractivity contribution in [3.8, 4) is 0 Å². The fraction of sp³-hybridized carbons (Fsp3) is 0.385. The zero-order valence-electron chi connectivity index (χ0n) is 18.8. The van der Waals surface area contributed by atoms with Gasteiger partial charge in [-0.15, -0.1) is 0 Å². The predicted molar refractivity (Wildman–Crippen MR) is 128 cm³/mol. The number of likely N-dealkylation sites (tertiary alicyclic amines) is 1. The summed E-state index contributed by atoms with van der Waals surface area (Å²) in [5, 5.41) is 3.15. The van der Waals surface area contributed by atoms with Crippen LogP contribution < -0.4 is 10.2 Å². The Hall–Kier alpha value is -3.32. The monoisotopic (exact) mass is 442 g/mol. The minimum atomic E-state index is -0.156. The summed E-state index contributed by atoms with van der Waals surface area (Å²) in [5.74, 6) is 0.753. The van der Waals surface area contributed by atoms with E-state index in [1.165, 1.54) is 18.4 Å². The average Bonchev–Trinajstić information content (AvgIpc) is 3.55. The number of nitrogens with one attached hydrogen (secondary N) is 1. The molecule has 4 heterocycles. The van der Waals surface area contributed by atoms with Crippen LogP contribution in [0.2, 0.25) is 0 Å². The molecule has 1 amide bonds. The van der Waals surface area contributed by atoms with Gasteiger partial charge in [-0.1, -0.05) is 30.3 Å². The first kappa shape index (κ1) is 21.5. The summed E-state index contributed by atoms with van der Waals surface area (Å²) in [4.78, 5) is 31.5. The molecule has 33 heavy (non-hydrogen) atoms. The number of amides is 1. The van der Waals surface area contributed by atoms with E-state index in [2.05, 4.69) is 49.4 Å². The van der Waals surface area contributed by atoms with Crippen LogP contribution in [-0.2, 0) is 17.9 Å². The van der Waals surface area contributed by atoms with Crippen LogP contribution in [0.15, 0.2) is 67.1 Å². The Balaban J connectivity index is 1.35.